The van der Waals surface area contributed by atoms with Crippen LogP contribution < -0.4 is 9.47 Å². The number of aromatic amines is 1. The highest BCUT2D eigenvalue weighted by Crippen LogP contribution is 2.38. The van der Waals surface area contributed by atoms with Crippen LogP contribution in [0.25, 0.3) is 11.3 Å². The Morgan fingerprint density at radius 2 is 1.75 bits per heavy atom. The lowest BCUT2D eigenvalue weighted by atomic mass is 10.1. The molecule has 1 aromatic heterocycles. The van der Waals surface area contributed by atoms with E-state index < -0.39 is 5.97 Å². The highest BCUT2D eigenvalue weighted by atomic mass is 79.9. The molecule has 0 aliphatic carbocycles. The zero-order valence-corrected chi connectivity index (χ0v) is 18.6. The molecule has 1 heterocycles. The Balaban J connectivity index is 1.48. The normalized spacial score (nSPS) is 10.6. The largest absolute Gasteiger partial charge is 0.507 e. The van der Waals surface area contributed by atoms with Crippen molar-refractivity contribution in [2.45, 2.75) is 6.61 Å². The van der Waals surface area contributed by atoms with Gasteiger partial charge in [-0.1, -0.05) is 28.1 Å². The van der Waals surface area contributed by atoms with Crippen molar-refractivity contribution in [3.05, 3.63) is 88.5 Å². The van der Waals surface area contributed by atoms with E-state index in [1.54, 1.807) is 42.5 Å². The molecule has 4 rings (SSSR count). The quantitative estimate of drug-likeness (QED) is 0.320. The van der Waals surface area contributed by atoms with Crippen LogP contribution >= 0.6 is 15.9 Å². The van der Waals surface area contributed by atoms with Crippen LogP contribution in [0, 0.1) is 0 Å². The van der Waals surface area contributed by atoms with E-state index in [9.17, 15) is 9.90 Å². The first-order chi connectivity index (χ1) is 15.5. The molecule has 0 aliphatic heterocycles. The highest BCUT2D eigenvalue weighted by molar-refractivity contribution is 9.10. The van der Waals surface area contributed by atoms with Crippen LogP contribution in [0.5, 0.6) is 23.0 Å². The van der Waals surface area contributed by atoms with Crippen LogP contribution in [0.2, 0.25) is 0 Å². The molecule has 3 aromatic carbocycles. The molecule has 7 nitrogen and oxygen atoms in total. The summed E-state index contributed by atoms with van der Waals surface area (Å²) < 4.78 is 17.4. The van der Waals surface area contributed by atoms with Crippen LogP contribution in [-0.4, -0.2) is 28.4 Å². The molecule has 0 saturated carbocycles. The fourth-order valence-corrected chi connectivity index (χ4v) is 3.27. The molecule has 0 unspecified atom stereocenters. The van der Waals surface area contributed by atoms with Crippen LogP contribution in [-0.2, 0) is 11.3 Å². The van der Waals surface area contributed by atoms with Crippen LogP contribution in [0.3, 0.4) is 0 Å². The zero-order valence-electron chi connectivity index (χ0n) is 17.0. The van der Waals surface area contributed by atoms with E-state index in [4.69, 9.17) is 14.2 Å². The number of hydrogen-bond acceptors (Lipinski definition) is 6. The van der Waals surface area contributed by atoms with Crippen molar-refractivity contribution < 1.29 is 24.1 Å². The number of phenols is 1. The average Bonchev–Trinajstić information content (AvgIpc) is 3.26. The first-order valence-corrected chi connectivity index (χ1v) is 10.4. The Kier molecular flexibility index (Phi) is 6.42. The van der Waals surface area contributed by atoms with Crippen molar-refractivity contribution in [3.63, 3.8) is 0 Å². The van der Waals surface area contributed by atoms with E-state index >= 15 is 0 Å². The van der Waals surface area contributed by atoms with Gasteiger partial charge in [0.05, 0.1) is 18.9 Å². The van der Waals surface area contributed by atoms with E-state index in [1.165, 1.54) is 13.3 Å². The Morgan fingerprint density at radius 3 is 2.44 bits per heavy atom. The number of phenolic OH excluding ortho intramolecular Hbond substituents is 1. The van der Waals surface area contributed by atoms with Crippen LogP contribution in [0.1, 0.15) is 15.9 Å². The summed E-state index contributed by atoms with van der Waals surface area (Å²) in [6.07, 6.45) is 1.51. The molecule has 0 radical (unpaired) electrons. The van der Waals surface area contributed by atoms with E-state index in [2.05, 4.69) is 26.1 Å². The van der Waals surface area contributed by atoms with Gasteiger partial charge in [0, 0.05) is 16.1 Å². The van der Waals surface area contributed by atoms with Gasteiger partial charge in [-0.3, -0.25) is 5.10 Å². The minimum absolute atomic E-state index is 0.0217. The third-order valence-corrected chi connectivity index (χ3v) is 5.19. The maximum Gasteiger partial charge on any atom is 0.337 e. The molecule has 2 N–H and O–H groups in total. The lowest BCUT2D eigenvalue weighted by Gasteiger charge is -2.11. The molecule has 0 fully saturated rings. The molecule has 32 heavy (non-hydrogen) atoms. The molecular formula is C24H19BrN2O5. The van der Waals surface area contributed by atoms with Gasteiger partial charge < -0.3 is 19.3 Å². The predicted octanol–water partition coefficient (Wildman–Crippen LogP) is 5.70. The van der Waals surface area contributed by atoms with Gasteiger partial charge >= 0.3 is 5.97 Å². The van der Waals surface area contributed by atoms with Crippen molar-refractivity contribution in [3.8, 4) is 34.3 Å². The predicted molar refractivity (Wildman–Crippen MR) is 122 cm³/mol. The molecule has 0 saturated heterocycles. The fraction of sp³-hybridized carbons (Fsp3) is 0.0833. The highest BCUT2D eigenvalue weighted by Gasteiger charge is 2.15. The van der Waals surface area contributed by atoms with E-state index in [-0.39, 0.29) is 5.75 Å². The molecule has 162 valence electrons. The summed E-state index contributed by atoms with van der Waals surface area (Å²) in [6.45, 7) is 0.381. The summed E-state index contributed by atoms with van der Waals surface area (Å²) in [6, 6.07) is 19.4. The van der Waals surface area contributed by atoms with Crippen molar-refractivity contribution >= 4 is 21.9 Å². The molecule has 0 aliphatic rings. The van der Waals surface area contributed by atoms with Gasteiger partial charge in [0.15, 0.2) is 5.75 Å². The van der Waals surface area contributed by atoms with Crippen molar-refractivity contribution in [2.24, 2.45) is 0 Å². The van der Waals surface area contributed by atoms with E-state index in [0.29, 0.717) is 40.7 Å². The number of hydrogen-bond donors (Lipinski definition) is 2. The number of nitrogens with zero attached hydrogens (tertiary/aromatic N) is 1. The summed E-state index contributed by atoms with van der Waals surface area (Å²) in [5, 5.41) is 17.5. The number of H-pyrrole nitrogens is 1. The third-order valence-electron chi connectivity index (χ3n) is 4.67. The summed E-state index contributed by atoms with van der Waals surface area (Å²) in [5.74, 6) is 1.07. The number of aromatic nitrogens is 2. The number of benzene rings is 3. The number of halogens is 1. The lowest BCUT2D eigenvalue weighted by molar-refractivity contribution is 0.0600. The minimum Gasteiger partial charge on any atom is -0.507 e. The SMILES string of the molecule is COC(=O)c1ccc(Oc2cn[nH]c2-c2ccc(OCc3ccc(Br)cc3)cc2O)cc1. The second kappa shape index (κ2) is 9.57. The number of carbonyl (C=O) groups is 1. The number of rotatable bonds is 7. The van der Waals surface area contributed by atoms with Gasteiger partial charge in [0.1, 0.15) is 29.5 Å². The number of methoxy groups -OCH3 is 1. The van der Waals surface area contributed by atoms with Gasteiger partial charge in [-0.25, -0.2) is 4.79 Å². The summed E-state index contributed by atoms with van der Waals surface area (Å²) in [7, 11) is 1.33. The molecule has 0 spiro atoms. The molecule has 4 aromatic rings. The first kappa shape index (κ1) is 21.5. The molecular weight excluding hydrogens is 476 g/mol. The van der Waals surface area contributed by atoms with Gasteiger partial charge in [-0.2, -0.15) is 5.10 Å². The second-order valence-electron chi connectivity index (χ2n) is 6.82. The second-order valence-corrected chi connectivity index (χ2v) is 7.74. The van der Waals surface area contributed by atoms with Crippen molar-refractivity contribution in [1.82, 2.24) is 10.2 Å². The van der Waals surface area contributed by atoms with Crippen molar-refractivity contribution in [2.75, 3.05) is 7.11 Å². The lowest BCUT2D eigenvalue weighted by Crippen LogP contribution is -2.00. The Hall–Kier alpha value is -3.78. The standard InChI is InChI=1S/C24H19BrN2O5/c1-30-24(29)16-4-8-18(9-5-16)32-22-13-26-27-23(22)20-11-10-19(12-21(20)28)31-14-15-2-6-17(25)7-3-15/h2-13,28H,14H2,1H3,(H,26,27). The van der Waals surface area contributed by atoms with E-state index in [0.717, 1.165) is 10.0 Å². The van der Waals surface area contributed by atoms with Gasteiger partial charge in [-0.15, -0.1) is 0 Å². The minimum atomic E-state index is -0.423. The fourth-order valence-electron chi connectivity index (χ4n) is 3.01. The topological polar surface area (TPSA) is 93.7 Å². The molecule has 8 heteroatoms. The smallest absolute Gasteiger partial charge is 0.337 e. The Bertz CT molecular complexity index is 1220. The average molecular weight is 495 g/mol. The first-order valence-electron chi connectivity index (χ1n) is 9.63. The van der Waals surface area contributed by atoms with Gasteiger partial charge in [-0.05, 0) is 54.1 Å². The molecule has 0 amide bonds. The summed E-state index contributed by atoms with van der Waals surface area (Å²) >= 11 is 3.41. The maximum absolute atomic E-state index is 11.6. The Labute approximate surface area is 192 Å². The maximum atomic E-state index is 11.6. The number of nitrogens with one attached hydrogen (secondary N) is 1. The van der Waals surface area contributed by atoms with Crippen molar-refractivity contribution in [1.29, 1.82) is 0 Å². The third kappa shape index (κ3) is 4.92. The van der Waals surface area contributed by atoms with Crippen LogP contribution in [0.4, 0.5) is 0 Å². The molecule has 0 atom stereocenters. The monoisotopic (exact) mass is 494 g/mol. The van der Waals surface area contributed by atoms with Crippen LogP contribution in [0.15, 0.2) is 77.4 Å². The number of ether oxygens (including phenoxy) is 3. The number of aromatic hydroxyl groups is 1. The number of carbonyl (C=O) groups excluding carboxylic acids is 1. The zero-order chi connectivity index (χ0) is 22.5. The Morgan fingerprint density at radius 1 is 1.03 bits per heavy atom. The van der Waals surface area contributed by atoms with E-state index in [1.807, 2.05) is 24.3 Å². The summed E-state index contributed by atoms with van der Waals surface area (Å²) in [5.41, 5.74) is 2.46. The van der Waals surface area contributed by atoms with Gasteiger partial charge in [0.2, 0.25) is 0 Å². The molecule has 0 bridgehead atoms. The van der Waals surface area contributed by atoms with Gasteiger partial charge in [0.25, 0.3) is 0 Å². The summed E-state index contributed by atoms with van der Waals surface area (Å²) in [4.78, 5) is 11.6. The number of esters is 1.